The van der Waals surface area contributed by atoms with Gasteiger partial charge in [-0.2, -0.15) is 5.26 Å². The minimum absolute atomic E-state index is 0.287. The molecule has 1 N–H and O–H groups in total. The number of nitrogens with zero attached hydrogens (tertiary/aromatic N) is 2. The fourth-order valence-corrected chi connectivity index (χ4v) is 6.08. The first kappa shape index (κ1) is 25.2. The number of hydrogen-bond donors (Lipinski definition) is 1. The SMILES string of the molecule is COCCOc1cc(F)ccc1-c1c(-c2cccc(C#N)c2)nc(-c2ccc3c(c2)CCNC3)c2ccsc12. The number of aromatic nitrogens is 1. The summed E-state index contributed by atoms with van der Waals surface area (Å²) in [5.74, 6) is 0.0463. The maximum absolute atomic E-state index is 14.4. The van der Waals surface area contributed by atoms with Gasteiger partial charge in [-0.15, -0.1) is 11.3 Å². The van der Waals surface area contributed by atoms with Crippen LogP contribution in [-0.2, 0) is 17.7 Å². The number of methoxy groups -OCH3 is 1. The summed E-state index contributed by atoms with van der Waals surface area (Å²) < 4.78 is 26.6. The lowest BCUT2D eigenvalue weighted by Gasteiger charge is -2.20. The highest BCUT2D eigenvalue weighted by Gasteiger charge is 2.23. The predicted octanol–water partition coefficient (Wildman–Crippen LogP) is 6.98. The Hall–Kier alpha value is -4.09. The Morgan fingerprint density at radius 2 is 1.90 bits per heavy atom. The first-order chi connectivity index (χ1) is 19.2. The van der Waals surface area contributed by atoms with E-state index in [2.05, 4.69) is 41.0 Å². The van der Waals surface area contributed by atoms with Crippen LogP contribution in [0.4, 0.5) is 4.39 Å². The molecule has 0 fully saturated rings. The minimum atomic E-state index is -0.380. The Morgan fingerprint density at radius 1 is 1.00 bits per heavy atom. The number of rotatable bonds is 7. The molecule has 3 aromatic carbocycles. The average molecular weight is 536 g/mol. The summed E-state index contributed by atoms with van der Waals surface area (Å²) in [5, 5.41) is 16.1. The van der Waals surface area contributed by atoms with Crippen molar-refractivity contribution in [3.8, 4) is 45.5 Å². The van der Waals surface area contributed by atoms with Gasteiger partial charge in [0.25, 0.3) is 0 Å². The third kappa shape index (κ3) is 4.90. The fourth-order valence-electron chi connectivity index (χ4n) is 5.12. The zero-order valence-corrected chi connectivity index (χ0v) is 22.3. The zero-order chi connectivity index (χ0) is 26.8. The van der Waals surface area contributed by atoms with E-state index in [4.69, 9.17) is 14.5 Å². The van der Waals surface area contributed by atoms with E-state index >= 15 is 0 Å². The largest absolute Gasteiger partial charge is 0.490 e. The van der Waals surface area contributed by atoms with Crippen molar-refractivity contribution < 1.29 is 13.9 Å². The molecule has 1 aliphatic heterocycles. The molecule has 0 bridgehead atoms. The van der Waals surface area contributed by atoms with Crippen LogP contribution < -0.4 is 10.1 Å². The van der Waals surface area contributed by atoms with Crippen molar-refractivity contribution in [1.82, 2.24) is 10.3 Å². The number of halogens is 1. The highest BCUT2D eigenvalue weighted by molar-refractivity contribution is 7.18. The van der Waals surface area contributed by atoms with Gasteiger partial charge in [0, 0.05) is 52.1 Å². The molecular formula is C32H26FN3O2S. The Kier molecular flexibility index (Phi) is 7.08. The number of thiophene rings is 1. The Bertz CT molecular complexity index is 1720. The molecule has 0 radical (unpaired) electrons. The van der Waals surface area contributed by atoms with E-state index in [1.165, 1.54) is 23.3 Å². The highest BCUT2D eigenvalue weighted by atomic mass is 32.1. The lowest BCUT2D eigenvalue weighted by molar-refractivity contribution is 0.146. The molecule has 7 heteroatoms. The van der Waals surface area contributed by atoms with Crippen LogP contribution in [-0.4, -0.2) is 31.9 Å². The standard InChI is InChI=1S/C32H26FN3O2S/c1-37-12-13-38-28-17-25(33)7-8-26(28)29-31(22-4-2-3-20(15-22)18-34)36-30(27-10-14-39-32(27)29)23-5-6-24-19-35-11-9-21(24)16-23/h2-8,10,14-17,35H,9,11-13,19H2,1H3. The monoisotopic (exact) mass is 535 g/mol. The second-order valence-corrected chi connectivity index (χ2v) is 10.3. The van der Waals surface area contributed by atoms with Crippen LogP contribution in [0, 0.1) is 17.1 Å². The number of nitriles is 1. The van der Waals surface area contributed by atoms with E-state index in [9.17, 15) is 9.65 Å². The molecule has 39 heavy (non-hydrogen) atoms. The van der Waals surface area contributed by atoms with Crippen molar-refractivity contribution in [3.63, 3.8) is 0 Å². The van der Waals surface area contributed by atoms with Crippen molar-refractivity contribution in [2.24, 2.45) is 0 Å². The van der Waals surface area contributed by atoms with Crippen LogP contribution in [0.25, 0.3) is 43.7 Å². The van der Waals surface area contributed by atoms with Crippen LogP contribution in [0.15, 0.2) is 72.1 Å². The highest BCUT2D eigenvalue weighted by Crippen LogP contribution is 2.46. The first-order valence-corrected chi connectivity index (χ1v) is 13.7. The lowest BCUT2D eigenvalue weighted by atomic mass is 9.93. The van der Waals surface area contributed by atoms with Gasteiger partial charge < -0.3 is 14.8 Å². The van der Waals surface area contributed by atoms with Gasteiger partial charge in [0.05, 0.1) is 29.6 Å². The quantitative estimate of drug-likeness (QED) is 0.228. The third-order valence-electron chi connectivity index (χ3n) is 7.00. The predicted molar refractivity (Wildman–Crippen MR) is 153 cm³/mol. The number of fused-ring (bicyclic) bond motifs is 2. The Labute approximate surface area is 230 Å². The summed E-state index contributed by atoms with van der Waals surface area (Å²) in [4.78, 5) is 5.28. The van der Waals surface area contributed by atoms with Crippen LogP contribution in [0.5, 0.6) is 5.75 Å². The summed E-state index contributed by atoms with van der Waals surface area (Å²) >= 11 is 1.62. The van der Waals surface area contributed by atoms with Crippen LogP contribution in [0.2, 0.25) is 0 Å². The number of hydrogen-bond acceptors (Lipinski definition) is 6. The van der Waals surface area contributed by atoms with Gasteiger partial charge in [-0.3, -0.25) is 0 Å². The third-order valence-corrected chi connectivity index (χ3v) is 7.93. The molecule has 1 aliphatic rings. The van der Waals surface area contributed by atoms with E-state index < -0.39 is 0 Å². The molecule has 0 saturated heterocycles. The van der Waals surface area contributed by atoms with Gasteiger partial charge in [-0.1, -0.05) is 24.3 Å². The molecule has 0 spiro atoms. The van der Waals surface area contributed by atoms with E-state index in [1.807, 2.05) is 18.2 Å². The molecule has 0 amide bonds. The minimum Gasteiger partial charge on any atom is -0.490 e. The summed E-state index contributed by atoms with van der Waals surface area (Å²) in [6.07, 6.45) is 0.975. The number of pyridine rings is 1. The van der Waals surface area contributed by atoms with E-state index in [0.717, 1.165) is 63.2 Å². The lowest BCUT2D eigenvalue weighted by Crippen LogP contribution is -2.23. The molecule has 3 heterocycles. The average Bonchev–Trinajstić information content (AvgIpc) is 3.47. The van der Waals surface area contributed by atoms with E-state index in [1.54, 1.807) is 30.6 Å². The number of benzene rings is 3. The van der Waals surface area contributed by atoms with Gasteiger partial charge >= 0.3 is 0 Å². The maximum Gasteiger partial charge on any atom is 0.130 e. The van der Waals surface area contributed by atoms with E-state index in [-0.39, 0.29) is 12.4 Å². The molecule has 0 aliphatic carbocycles. The second-order valence-electron chi connectivity index (χ2n) is 9.43. The number of ether oxygens (including phenoxy) is 2. The molecule has 194 valence electrons. The molecule has 5 nitrogen and oxygen atoms in total. The van der Waals surface area contributed by atoms with Crippen LogP contribution in [0.3, 0.4) is 0 Å². The zero-order valence-electron chi connectivity index (χ0n) is 21.5. The summed E-state index contributed by atoms with van der Waals surface area (Å²) in [6.45, 7) is 2.50. The first-order valence-electron chi connectivity index (χ1n) is 12.8. The second kappa shape index (κ2) is 11.0. The molecule has 0 unspecified atom stereocenters. The van der Waals surface area contributed by atoms with Crippen molar-refractivity contribution in [3.05, 3.63) is 94.6 Å². The van der Waals surface area contributed by atoms with Gasteiger partial charge in [0.1, 0.15) is 18.2 Å². The van der Waals surface area contributed by atoms with Crippen LogP contribution >= 0.6 is 11.3 Å². The van der Waals surface area contributed by atoms with E-state index in [0.29, 0.717) is 17.9 Å². The Morgan fingerprint density at radius 3 is 2.77 bits per heavy atom. The molecular weight excluding hydrogens is 509 g/mol. The summed E-state index contributed by atoms with van der Waals surface area (Å²) in [7, 11) is 1.60. The maximum atomic E-state index is 14.4. The topological polar surface area (TPSA) is 67.2 Å². The molecule has 6 rings (SSSR count). The van der Waals surface area contributed by atoms with Crippen molar-refractivity contribution in [2.45, 2.75) is 13.0 Å². The molecule has 0 saturated carbocycles. The van der Waals surface area contributed by atoms with Crippen LogP contribution in [0.1, 0.15) is 16.7 Å². The molecule has 0 atom stereocenters. The van der Waals surface area contributed by atoms with Gasteiger partial charge in [0.15, 0.2) is 0 Å². The molecule has 2 aromatic heterocycles. The smallest absolute Gasteiger partial charge is 0.130 e. The van der Waals surface area contributed by atoms with Gasteiger partial charge in [-0.05, 0) is 65.9 Å². The summed E-state index contributed by atoms with van der Waals surface area (Å²) in [5.41, 5.74) is 8.27. The molecule has 5 aromatic rings. The van der Waals surface area contributed by atoms with Gasteiger partial charge in [0.2, 0.25) is 0 Å². The number of nitrogens with one attached hydrogen (secondary N) is 1. The van der Waals surface area contributed by atoms with Gasteiger partial charge in [-0.25, -0.2) is 9.37 Å². The van der Waals surface area contributed by atoms with Crippen molar-refractivity contribution in [2.75, 3.05) is 26.9 Å². The fraction of sp³-hybridized carbons (Fsp3) is 0.188. The Balaban J connectivity index is 1.63. The van der Waals surface area contributed by atoms with Crippen molar-refractivity contribution >= 4 is 21.4 Å². The normalized spacial score (nSPS) is 12.7. The summed E-state index contributed by atoms with van der Waals surface area (Å²) in [6, 6.07) is 23.0. The van der Waals surface area contributed by atoms with Crippen molar-refractivity contribution in [1.29, 1.82) is 5.26 Å².